The largest absolute Gasteiger partial charge is 0.346 e. The fourth-order valence-electron chi connectivity index (χ4n) is 7.10. The van der Waals surface area contributed by atoms with Crippen molar-refractivity contribution in [2.45, 2.75) is 89.6 Å². The van der Waals surface area contributed by atoms with Gasteiger partial charge in [0.25, 0.3) is 0 Å². The van der Waals surface area contributed by atoms with E-state index in [9.17, 15) is 23.6 Å². The number of thiazole rings is 1. The van der Waals surface area contributed by atoms with Crippen molar-refractivity contribution in [3.8, 4) is 0 Å². The normalized spacial score (nSPS) is 15.1. The van der Waals surface area contributed by atoms with Crippen LogP contribution in [0.4, 0.5) is 4.39 Å². The number of para-hydroxylation sites is 1. The Morgan fingerprint density at radius 2 is 1.49 bits per heavy atom. The summed E-state index contributed by atoms with van der Waals surface area (Å²) in [6.45, 7) is 2.24. The Morgan fingerprint density at radius 1 is 0.843 bits per heavy atom. The van der Waals surface area contributed by atoms with E-state index in [4.69, 9.17) is 5.73 Å². The van der Waals surface area contributed by atoms with Gasteiger partial charge in [-0.15, -0.1) is 11.3 Å². The van der Waals surface area contributed by atoms with Gasteiger partial charge in [-0.25, -0.2) is 9.37 Å². The molecule has 1 heterocycles. The molecule has 0 unspecified atom stereocenters. The van der Waals surface area contributed by atoms with E-state index in [1.165, 1.54) is 17.4 Å². The lowest BCUT2D eigenvalue weighted by molar-refractivity contribution is -0.135. The zero-order valence-corrected chi connectivity index (χ0v) is 30.1. The summed E-state index contributed by atoms with van der Waals surface area (Å²) in [5.41, 5.74) is 7.92. The summed E-state index contributed by atoms with van der Waals surface area (Å²) in [6, 6.07) is 23.1. The number of carbonyl (C=O) groups excluding carboxylic acids is 4. The predicted molar refractivity (Wildman–Crippen MR) is 199 cm³/mol. The van der Waals surface area contributed by atoms with Gasteiger partial charge in [-0.1, -0.05) is 92.9 Å². The van der Waals surface area contributed by atoms with E-state index in [0.717, 1.165) is 43.2 Å². The van der Waals surface area contributed by atoms with E-state index >= 15 is 0 Å². The molecule has 1 saturated carbocycles. The van der Waals surface area contributed by atoms with Gasteiger partial charge >= 0.3 is 0 Å². The number of nitrogens with two attached hydrogens (primary N) is 1. The molecule has 1 aromatic heterocycles. The minimum absolute atomic E-state index is 0.00318. The van der Waals surface area contributed by atoms with E-state index in [0.29, 0.717) is 29.1 Å². The predicted octanol–water partition coefficient (Wildman–Crippen LogP) is 7.25. The lowest BCUT2D eigenvalue weighted by Gasteiger charge is -2.28. The number of nitrogens with one attached hydrogen (secondary N) is 2. The Labute approximate surface area is 303 Å². The lowest BCUT2D eigenvalue weighted by Crippen LogP contribution is -2.49. The van der Waals surface area contributed by atoms with Gasteiger partial charge in [-0.2, -0.15) is 0 Å². The maximum absolute atomic E-state index is 14.4. The van der Waals surface area contributed by atoms with Gasteiger partial charge in [0.2, 0.25) is 11.8 Å². The first-order chi connectivity index (χ1) is 24.8. The van der Waals surface area contributed by atoms with Gasteiger partial charge in [-0.05, 0) is 61.4 Å². The van der Waals surface area contributed by atoms with Crippen LogP contribution in [0.2, 0.25) is 0 Å². The van der Waals surface area contributed by atoms with Crippen LogP contribution in [-0.4, -0.2) is 41.0 Å². The average molecular weight is 713 g/mol. The van der Waals surface area contributed by atoms with Crippen LogP contribution in [0.1, 0.15) is 93.3 Å². The van der Waals surface area contributed by atoms with Crippen LogP contribution in [0.3, 0.4) is 0 Å². The number of carbonyl (C=O) groups is 4. The summed E-state index contributed by atoms with van der Waals surface area (Å²) in [5, 5.41) is 6.87. The van der Waals surface area contributed by atoms with Crippen LogP contribution >= 0.6 is 11.3 Å². The number of unbranched alkanes of at least 4 members (excludes halogenated alkanes) is 1. The molecule has 1 aliphatic rings. The number of benzene rings is 3. The minimum atomic E-state index is -0.782. The Hall–Kier alpha value is -4.28. The maximum atomic E-state index is 14.4. The van der Waals surface area contributed by atoms with Gasteiger partial charge in [0.05, 0.1) is 27.7 Å². The van der Waals surface area contributed by atoms with Gasteiger partial charge in [-0.3, -0.25) is 19.2 Å². The van der Waals surface area contributed by atoms with Crippen molar-refractivity contribution in [3.05, 3.63) is 101 Å². The summed E-state index contributed by atoms with van der Waals surface area (Å²) in [4.78, 5) is 59.6. The van der Waals surface area contributed by atoms with Gasteiger partial charge < -0.3 is 16.4 Å². The molecule has 1 aliphatic carbocycles. The quantitative estimate of drug-likeness (QED) is 0.0879. The first-order valence-electron chi connectivity index (χ1n) is 18.3. The summed E-state index contributed by atoms with van der Waals surface area (Å²) in [5.74, 6) is -2.74. The van der Waals surface area contributed by atoms with Crippen LogP contribution in [0.5, 0.6) is 0 Å². The van der Waals surface area contributed by atoms with Gasteiger partial charge in [0.1, 0.15) is 17.1 Å². The van der Waals surface area contributed by atoms with E-state index in [1.54, 1.807) is 19.1 Å². The Morgan fingerprint density at radius 3 is 2.10 bits per heavy atom. The number of halogens is 1. The molecule has 1 fully saturated rings. The van der Waals surface area contributed by atoms with Crippen molar-refractivity contribution in [2.75, 3.05) is 6.54 Å². The zero-order valence-electron chi connectivity index (χ0n) is 29.3. The fraction of sp³-hybridized carbons (Fsp3) is 0.439. The maximum Gasteiger partial charge on any atom is 0.224 e. The number of hydrogen-bond donors (Lipinski definition) is 3. The smallest absolute Gasteiger partial charge is 0.224 e. The molecule has 4 N–H and O–H groups in total. The van der Waals surface area contributed by atoms with E-state index in [-0.39, 0.29) is 60.5 Å². The molecule has 2 amide bonds. The third-order valence-electron chi connectivity index (χ3n) is 9.97. The molecule has 51 heavy (non-hydrogen) atoms. The molecule has 0 radical (unpaired) electrons. The summed E-state index contributed by atoms with van der Waals surface area (Å²) in [6.07, 6.45) is 5.80. The highest BCUT2D eigenvalue weighted by Crippen LogP contribution is 2.32. The van der Waals surface area contributed by atoms with Crippen LogP contribution in [0.15, 0.2) is 78.9 Å². The number of nitrogens with zero attached hydrogens (tertiary/aromatic N) is 1. The van der Waals surface area contributed by atoms with E-state index < -0.39 is 29.7 Å². The van der Waals surface area contributed by atoms with Crippen molar-refractivity contribution >= 4 is 44.9 Å². The molecular weight excluding hydrogens is 664 g/mol. The van der Waals surface area contributed by atoms with Crippen LogP contribution in [0.25, 0.3) is 10.2 Å². The van der Waals surface area contributed by atoms with E-state index in [2.05, 4.69) is 15.6 Å². The van der Waals surface area contributed by atoms with Crippen molar-refractivity contribution in [2.24, 2.45) is 23.5 Å². The summed E-state index contributed by atoms with van der Waals surface area (Å²) in [7, 11) is 0. The number of fused-ring (bicyclic) bond motifs is 1. The van der Waals surface area contributed by atoms with Crippen molar-refractivity contribution < 1.29 is 23.6 Å². The number of hydrogen-bond acceptors (Lipinski definition) is 7. The van der Waals surface area contributed by atoms with Crippen LogP contribution in [0, 0.1) is 23.6 Å². The van der Waals surface area contributed by atoms with Crippen molar-refractivity contribution in [1.29, 1.82) is 0 Å². The van der Waals surface area contributed by atoms with Gasteiger partial charge in [0.15, 0.2) is 5.78 Å². The Bertz CT molecular complexity index is 1720. The van der Waals surface area contributed by atoms with Crippen molar-refractivity contribution in [3.63, 3.8) is 0 Å². The third kappa shape index (κ3) is 10.4. The monoisotopic (exact) mass is 712 g/mol. The molecule has 0 saturated heterocycles. The summed E-state index contributed by atoms with van der Waals surface area (Å²) >= 11 is 1.30. The van der Waals surface area contributed by atoms with Crippen LogP contribution < -0.4 is 16.4 Å². The number of ketones is 2. The average Bonchev–Trinajstić information content (AvgIpc) is 3.84. The Balaban J connectivity index is 1.36. The second-order valence-electron chi connectivity index (χ2n) is 13.6. The van der Waals surface area contributed by atoms with Crippen LogP contribution in [-0.2, 0) is 25.6 Å². The molecule has 4 aromatic rings. The summed E-state index contributed by atoms with van der Waals surface area (Å²) < 4.78 is 15.1. The topological polar surface area (TPSA) is 131 Å². The van der Waals surface area contributed by atoms with Crippen molar-refractivity contribution in [1.82, 2.24) is 15.6 Å². The second-order valence-corrected chi connectivity index (χ2v) is 14.8. The number of rotatable bonds is 19. The SMILES string of the molecule is CCC(=O)C[C@@H](Cc1nc2c(F)cccc2s1)C(=O)N[C@H](C(=O)C[C@@H](CCCCN)C(=O)NC(c1ccccc1)c1ccccc1)C1CCCC1. The standard InChI is InChI=1S/C41H49FN4O4S/c1-2-32(47)24-31(26-36-44-39-33(42)21-13-22-35(39)51-36)41(50)46-38(29-18-9-10-19-29)34(48)25-30(20-11-12-23-43)40(49)45-37(27-14-5-3-6-15-27)28-16-7-4-8-17-28/h3-8,13-17,21-22,29-31,37-38H,2,9-12,18-20,23-26,43H2,1H3,(H,45,49)(H,46,50)/t30-,31+,38+/m1/s1. The highest BCUT2D eigenvalue weighted by Gasteiger charge is 2.36. The minimum Gasteiger partial charge on any atom is -0.346 e. The molecule has 0 aliphatic heterocycles. The highest BCUT2D eigenvalue weighted by atomic mass is 32.1. The molecule has 8 nitrogen and oxygen atoms in total. The molecule has 3 aromatic carbocycles. The fourth-order valence-corrected chi connectivity index (χ4v) is 8.16. The zero-order chi connectivity index (χ0) is 36.2. The molecular formula is C41H49FN4O4S. The molecule has 0 bridgehead atoms. The van der Waals surface area contributed by atoms with Gasteiger partial charge in [0, 0.05) is 31.6 Å². The molecule has 3 atom stereocenters. The number of aromatic nitrogens is 1. The third-order valence-corrected chi connectivity index (χ3v) is 11.0. The molecule has 0 spiro atoms. The molecule has 5 rings (SSSR count). The van der Waals surface area contributed by atoms with E-state index in [1.807, 2.05) is 60.7 Å². The molecule has 10 heteroatoms. The first-order valence-corrected chi connectivity index (χ1v) is 19.1. The lowest BCUT2D eigenvalue weighted by atomic mass is 9.86. The number of amides is 2. The Kier molecular flexibility index (Phi) is 14.0. The second kappa shape index (κ2) is 18.8. The first kappa shape index (κ1) is 38.0. The number of Topliss-reactive ketones (excluding diaryl/α,β-unsaturated/α-hetero) is 2. The highest BCUT2D eigenvalue weighted by molar-refractivity contribution is 7.18. The molecule has 270 valence electrons.